The van der Waals surface area contributed by atoms with Gasteiger partial charge in [-0.3, -0.25) is 20.0 Å². The first-order chi connectivity index (χ1) is 12.8. The minimum atomic E-state index is -0.536. The molecule has 3 aromatic rings. The molecule has 9 heteroatoms. The van der Waals surface area contributed by atoms with E-state index in [4.69, 9.17) is 4.74 Å². The Morgan fingerprint density at radius 3 is 2.70 bits per heavy atom. The Kier molecular flexibility index (Phi) is 5.40. The van der Waals surface area contributed by atoms with Gasteiger partial charge in [-0.1, -0.05) is 12.1 Å². The smallest absolute Gasteiger partial charge is 0.275 e. The van der Waals surface area contributed by atoms with E-state index >= 15 is 0 Å². The average molecular weight is 478 g/mol. The van der Waals surface area contributed by atoms with Gasteiger partial charge in [0, 0.05) is 12.1 Å². The summed E-state index contributed by atoms with van der Waals surface area (Å²) in [5.41, 5.74) is 2.24. The van der Waals surface area contributed by atoms with Gasteiger partial charge in [0.05, 0.1) is 26.4 Å². The largest absolute Gasteiger partial charge is 0.457 e. The molecule has 0 saturated heterocycles. The maximum atomic E-state index is 12.3. The monoisotopic (exact) mass is 478 g/mol. The molecule has 27 heavy (non-hydrogen) atoms. The molecule has 8 nitrogen and oxygen atoms in total. The van der Waals surface area contributed by atoms with E-state index in [1.54, 1.807) is 0 Å². The fraction of sp³-hybridized carbons (Fsp3) is 0.111. The zero-order chi connectivity index (χ0) is 19.6. The molecular weight excluding hydrogens is 463 g/mol. The number of ether oxygens (including phenoxy) is 1. The summed E-state index contributed by atoms with van der Waals surface area (Å²) in [5, 5.41) is 20.3. The fourth-order valence-electron chi connectivity index (χ4n) is 2.39. The van der Waals surface area contributed by atoms with Gasteiger partial charge in [-0.2, -0.15) is 5.10 Å². The van der Waals surface area contributed by atoms with Crippen molar-refractivity contribution in [3.63, 3.8) is 0 Å². The van der Waals surface area contributed by atoms with E-state index in [1.807, 2.05) is 54.6 Å². The molecule has 0 saturated carbocycles. The summed E-state index contributed by atoms with van der Waals surface area (Å²) in [6, 6.07) is 9.84. The molecule has 0 radical (unpaired) electrons. The molecule has 3 rings (SSSR count). The second-order valence-electron chi connectivity index (χ2n) is 5.89. The summed E-state index contributed by atoms with van der Waals surface area (Å²) in [5.74, 6) is 0.401. The van der Waals surface area contributed by atoms with Gasteiger partial charge >= 0.3 is 0 Å². The van der Waals surface area contributed by atoms with Crippen LogP contribution in [0.2, 0.25) is 0 Å². The Morgan fingerprint density at radius 1 is 1.26 bits per heavy atom. The maximum absolute atomic E-state index is 12.3. The Balaban J connectivity index is 1.93. The number of halogens is 1. The molecule has 0 unspecified atom stereocenters. The van der Waals surface area contributed by atoms with Crippen LogP contribution in [0.15, 0.2) is 42.6 Å². The zero-order valence-corrected chi connectivity index (χ0v) is 16.6. The molecule has 2 N–H and O–H groups in total. The fourth-order valence-corrected chi connectivity index (χ4v) is 2.89. The highest BCUT2D eigenvalue weighted by atomic mass is 127. The van der Waals surface area contributed by atoms with Crippen molar-refractivity contribution in [3.05, 3.63) is 73.1 Å². The van der Waals surface area contributed by atoms with Gasteiger partial charge in [-0.25, -0.2) is 0 Å². The summed E-state index contributed by atoms with van der Waals surface area (Å²) in [7, 11) is 0. The lowest BCUT2D eigenvalue weighted by molar-refractivity contribution is -0.384. The van der Waals surface area contributed by atoms with Crippen LogP contribution >= 0.6 is 22.6 Å². The van der Waals surface area contributed by atoms with Crippen molar-refractivity contribution < 1.29 is 14.5 Å². The second-order valence-corrected chi connectivity index (χ2v) is 7.05. The van der Waals surface area contributed by atoms with Crippen molar-refractivity contribution >= 4 is 39.9 Å². The molecule has 2 aromatic carbocycles. The normalized spacial score (nSPS) is 10.5. The molecule has 0 aliphatic heterocycles. The Labute approximate surface area is 168 Å². The molecule has 1 heterocycles. The van der Waals surface area contributed by atoms with Crippen LogP contribution in [0.25, 0.3) is 0 Å². The third-order valence-corrected chi connectivity index (χ3v) is 4.57. The molecule has 0 aliphatic rings. The third kappa shape index (κ3) is 4.42. The summed E-state index contributed by atoms with van der Waals surface area (Å²) in [6.07, 6.45) is 1.51. The number of anilines is 1. The Morgan fingerprint density at radius 2 is 2.04 bits per heavy atom. The Hall–Kier alpha value is -2.95. The lowest BCUT2D eigenvalue weighted by atomic mass is 10.1. The number of nitrogens with zero attached hydrogens (tertiary/aromatic N) is 2. The number of hydrogen-bond donors (Lipinski definition) is 2. The van der Waals surface area contributed by atoms with Crippen LogP contribution in [-0.4, -0.2) is 21.0 Å². The zero-order valence-electron chi connectivity index (χ0n) is 14.4. The molecule has 0 bridgehead atoms. The van der Waals surface area contributed by atoms with Gasteiger partial charge in [-0.15, -0.1) is 0 Å². The lowest BCUT2D eigenvalue weighted by Crippen LogP contribution is -2.14. The molecule has 1 aromatic heterocycles. The number of H-pyrrole nitrogens is 1. The highest BCUT2D eigenvalue weighted by Crippen LogP contribution is 2.32. The van der Waals surface area contributed by atoms with Gasteiger partial charge < -0.3 is 10.1 Å². The van der Waals surface area contributed by atoms with E-state index in [2.05, 4.69) is 15.5 Å². The van der Waals surface area contributed by atoms with Crippen LogP contribution < -0.4 is 10.1 Å². The molecule has 0 fully saturated rings. The highest BCUT2D eigenvalue weighted by molar-refractivity contribution is 14.1. The number of non-ortho nitro benzene ring substituents is 1. The first-order valence-electron chi connectivity index (χ1n) is 7.88. The van der Waals surface area contributed by atoms with Crippen molar-refractivity contribution in [2.75, 3.05) is 5.32 Å². The number of hydrogen-bond acceptors (Lipinski definition) is 5. The summed E-state index contributed by atoms with van der Waals surface area (Å²) < 4.78 is 6.48. The number of aromatic amines is 1. The van der Waals surface area contributed by atoms with Gasteiger partial charge in [-0.05, 0) is 53.6 Å². The number of nitro benzene ring substituents is 1. The summed E-state index contributed by atoms with van der Waals surface area (Å²) in [6.45, 7) is 3.81. The van der Waals surface area contributed by atoms with Gasteiger partial charge in [0.25, 0.3) is 11.6 Å². The number of rotatable bonds is 5. The number of carbonyl (C=O) groups is 1. The van der Waals surface area contributed by atoms with Crippen LogP contribution in [0.3, 0.4) is 0 Å². The van der Waals surface area contributed by atoms with Crippen molar-refractivity contribution in [2.45, 2.75) is 13.8 Å². The third-order valence-electron chi connectivity index (χ3n) is 3.75. The van der Waals surface area contributed by atoms with Gasteiger partial charge in [0.15, 0.2) is 0 Å². The molecule has 0 spiro atoms. The predicted molar refractivity (Wildman–Crippen MR) is 108 cm³/mol. The molecule has 138 valence electrons. The van der Waals surface area contributed by atoms with E-state index in [0.717, 1.165) is 11.1 Å². The number of benzene rings is 2. The summed E-state index contributed by atoms with van der Waals surface area (Å²) in [4.78, 5) is 23.1. The number of aryl methyl sites for hydroxylation is 2. The van der Waals surface area contributed by atoms with E-state index in [9.17, 15) is 14.9 Å². The van der Waals surface area contributed by atoms with Crippen LogP contribution in [-0.2, 0) is 0 Å². The second kappa shape index (κ2) is 7.74. The number of carbonyl (C=O) groups excluding carboxylic acids is 1. The minimum Gasteiger partial charge on any atom is -0.457 e. The van der Waals surface area contributed by atoms with E-state index in [1.165, 1.54) is 24.4 Å². The van der Waals surface area contributed by atoms with E-state index in [-0.39, 0.29) is 22.8 Å². The predicted octanol–water partition coefficient (Wildman–Crippen LogP) is 4.58. The minimum absolute atomic E-state index is 0.188. The van der Waals surface area contributed by atoms with E-state index < -0.39 is 10.8 Å². The van der Waals surface area contributed by atoms with Gasteiger partial charge in [0.1, 0.15) is 17.2 Å². The lowest BCUT2D eigenvalue weighted by Gasteiger charge is -2.11. The van der Waals surface area contributed by atoms with Crippen LogP contribution in [0, 0.1) is 27.5 Å². The van der Waals surface area contributed by atoms with Crippen molar-refractivity contribution in [2.24, 2.45) is 0 Å². The van der Waals surface area contributed by atoms with Crippen molar-refractivity contribution in [3.8, 4) is 11.5 Å². The highest BCUT2D eigenvalue weighted by Gasteiger charge is 2.16. The molecule has 0 aliphatic carbocycles. The number of aromatic nitrogens is 2. The topological polar surface area (TPSA) is 110 Å². The number of amides is 1. The SMILES string of the molecule is Cc1ccc(C)c(Oc2cc(NC(=O)c3[nH]ncc3I)cc([N+](=O)[O-])c2)c1. The van der Waals surface area contributed by atoms with E-state index in [0.29, 0.717) is 9.32 Å². The first-order valence-corrected chi connectivity index (χ1v) is 8.96. The number of nitro groups is 1. The van der Waals surface area contributed by atoms with Crippen molar-refractivity contribution in [1.82, 2.24) is 10.2 Å². The van der Waals surface area contributed by atoms with Crippen LogP contribution in [0.5, 0.6) is 11.5 Å². The molecule has 0 atom stereocenters. The first kappa shape index (κ1) is 18.8. The quantitative estimate of drug-likeness (QED) is 0.317. The molecular formula is C18H15IN4O4. The van der Waals surface area contributed by atoms with Crippen LogP contribution in [0.4, 0.5) is 11.4 Å². The standard InChI is InChI=1S/C18H15IN4O4/c1-10-3-4-11(2)16(5-10)27-14-7-12(6-13(8-14)23(25)26)21-18(24)17-15(19)9-20-22-17/h3-9H,1-2H3,(H,20,22)(H,21,24). The summed E-state index contributed by atoms with van der Waals surface area (Å²) >= 11 is 1.97. The average Bonchev–Trinajstić information content (AvgIpc) is 3.04. The Bertz CT molecular complexity index is 1030. The van der Waals surface area contributed by atoms with Crippen molar-refractivity contribution in [1.29, 1.82) is 0 Å². The maximum Gasteiger partial charge on any atom is 0.275 e. The number of nitrogens with one attached hydrogen (secondary N) is 2. The van der Waals surface area contributed by atoms with Crippen LogP contribution in [0.1, 0.15) is 21.6 Å². The molecule has 1 amide bonds. The van der Waals surface area contributed by atoms with Gasteiger partial charge in [0.2, 0.25) is 0 Å².